The van der Waals surface area contributed by atoms with Crippen molar-refractivity contribution in [1.82, 2.24) is 15.3 Å². The van der Waals surface area contributed by atoms with E-state index in [1.54, 1.807) is 24.3 Å². The number of aryl methyl sites for hydroxylation is 1. The lowest BCUT2D eigenvalue weighted by Crippen LogP contribution is -2.37. The first-order valence-corrected chi connectivity index (χ1v) is 10.4. The van der Waals surface area contributed by atoms with Gasteiger partial charge in [-0.15, -0.1) is 0 Å². The van der Waals surface area contributed by atoms with Crippen molar-refractivity contribution < 1.29 is 28.5 Å². The molecule has 1 aliphatic rings. The van der Waals surface area contributed by atoms with E-state index in [4.69, 9.17) is 18.9 Å². The summed E-state index contributed by atoms with van der Waals surface area (Å²) in [5, 5.41) is 2.73. The van der Waals surface area contributed by atoms with Crippen LogP contribution >= 0.6 is 0 Å². The van der Waals surface area contributed by atoms with Gasteiger partial charge in [0, 0.05) is 24.7 Å². The lowest BCUT2D eigenvalue weighted by atomic mass is 10.1. The maximum Gasteiger partial charge on any atom is 0.258 e. The van der Waals surface area contributed by atoms with E-state index in [2.05, 4.69) is 20.2 Å². The Morgan fingerprint density at radius 1 is 1.12 bits per heavy atom. The molecule has 10 heteroatoms. The highest BCUT2D eigenvalue weighted by molar-refractivity contribution is 5.94. The van der Waals surface area contributed by atoms with Gasteiger partial charge in [-0.1, -0.05) is 0 Å². The summed E-state index contributed by atoms with van der Waals surface area (Å²) in [6, 6.07) is 6.61. The van der Waals surface area contributed by atoms with Crippen molar-refractivity contribution in [2.75, 3.05) is 58.1 Å². The van der Waals surface area contributed by atoms with Crippen LogP contribution < -0.4 is 24.4 Å². The minimum absolute atomic E-state index is 0.0801. The number of hydrogen-bond acceptors (Lipinski definition) is 9. The van der Waals surface area contributed by atoms with Gasteiger partial charge in [0.15, 0.2) is 23.9 Å². The number of ether oxygens (including phenoxy) is 4. The molecule has 3 rings (SSSR count). The third-order valence-corrected chi connectivity index (χ3v) is 4.74. The monoisotopic (exact) mass is 444 g/mol. The summed E-state index contributed by atoms with van der Waals surface area (Å²) >= 11 is 0. The maximum atomic E-state index is 12.1. The average Bonchev–Trinajstić information content (AvgIpc) is 2.80. The van der Waals surface area contributed by atoms with Crippen LogP contribution in [0.1, 0.15) is 23.1 Å². The first-order chi connectivity index (χ1) is 15.5. The zero-order valence-electron chi connectivity index (χ0n) is 18.6. The largest absolute Gasteiger partial charge is 0.493 e. The second-order valence-electron chi connectivity index (χ2n) is 7.12. The molecule has 10 nitrogen and oxygen atoms in total. The fourth-order valence-electron chi connectivity index (χ4n) is 3.10. The Kier molecular flexibility index (Phi) is 8.20. The van der Waals surface area contributed by atoms with Crippen molar-refractivity contribution in [2.45, 2.75) is 13.8 Å². The molecule has 2 aromatic rings. The van der Waals surface area contributed by atoms with Gasteiger partial charge in [-0.05, 0) is 32.0 Å². The minimum atomic E-state index is -0.306. The molecule has 1 aromatic heterocycles. The van der Waals surface area contributed by atoms with E-state index in [1.807, 2.05) is 6.92 Å². The summed E-state index contributed by atoms with van der Waals surface area (Å²) < 4.78 is 21.8. The molecule has 0 spiro atoms. The van der Waals surface area contributed by atoms with E-state index in [9.17, 15) is 9.59 Å². The van der Waals surface area contributed by atoms with Crippen molar-refractivity contribution in [3.05, 3.63) is 35.7 Å². The summed E-state index contributed by atoms with van der Waals surface area (Å²) in [6.07, 6.45) is 0. The van der Waals surface area contributed by atoms with E-state index >= 15 is 0 Å². The molecule has 32 heavy (non-hydrogen) atoms. The number of amides is 1. The van der Waals surface area contributed by atoms with Crippen LogP contribution in [0.5, 0.6) is 17.4 Å². The van der Waals surface area contributed by atoms with Gasteiger partial charge in [0.2, 0.25) is 5.88 Å². The zero-order chi connectivity index (χ0) is 22.9. The van der Waals surface area contributed by atoms with Crippen LogP contribution in [0.15, 0.2) is 24.3 Å². The number of anilines is 1. The highest BCUT2D eigenvalue weighted by Crippen LogP contribution is 2.28. The third kappa shape index (κ3) is 6.55. The van der Waals surface area contributed by atoms with Crippen LogP contribution in [0, 0.1) is 6.92 Å². The van der Waals surface area contributed by atoms with Crippen LogP contribution in [0.4, 0.5) is 5.82 Å². The van der Waals surface area contributed by atoms with Crippen molar-refractivity contribution in [2.24, 2.45) is 0 Å². The topological polar surface area (TPSA) is 112 Å². The Hall–Kier alpha value is -3.40. The van der Waals surface area contributed by atoms with Gasteiger partial charge in [0.05, 0.1) is 26.9 Å². The molecule has 0 unspecified atom stereocenters. The Morgan fingerprint density at radius 2 is 1.91 bits per heavy atom. The van der Waals surface area contributed by atoms with Crippen LogP contribution in [0.2, 0.25) is 0 Å². The molecule has 0 bridgehead atoms. The quantitative estimate of drug-likeness (QED) is 0.429. The van der Waals surface area contributed by atoms with Gasteiger partial charge >= 0.3 is 0 Å². The summed E-state index contributed by atoms with van der Waals surface area (Å²) in [7, 11) is 1.48. The second-order valence-corrected chi connectivity index (χ2v) is 7.12. The number of carbonyl (C=O) groups excluding carboxylic acids is 2. The Morgan fingerprint density at radius 3 is 2.62 bits per heavy atom. The molecule has 172 valence electrons. The molecule has 0 atom stereocenters. The predicted octanol–water partition coefficient (Wildman–Crippen LogP) is 1.41. The number of nitrogens with zero attached hydrogens (tertiary/aromatic N) is 3. The Balaban J connectivity index is 1.44. The van der Waals surface area contributed by atoms with Gasteiger partial charge in [0.25, 0.3) is 5.91 Å². The molecule has 1 saturated heterocycles. The van der Waals surface area contributed by atoms with Crippen molar-refractivity contribution >= 4 is 17.5 Å². The predicted molar refractivity (Wildman–Crippen MR) is 117 cm³/mol. The summed E-state index contributed by atoms with van der Waals surface area (Å²) in [5.41, 5.74) is 0.507. The Bertz CT molecular complexity index is 946. The molecule has 0 aliphatic carbocycles. The summed E-state index contributed by atoms with van der Waals surface area (Å²) in [4.78, 5) is 34.4. The first-order valence-electron chi connectivity index (χ1n) is 10.4. The summed E-state index contributed by atoms with van der Waals surface area (Å²) in [6.45, 7) is 6.51. The molecule has 1 N–H and O–H groups in total. The number of nitrogens with one attached hydrogen (secondary N) is 1. The molecule has 1 aromatic carbocycles. The SMILES string of the molecule is COc1cc(C(C)=O)ccc1OCC(=O)NCCOc1cc(N2CCOCC2)nc(C)n1. The van der Waals surface area contributed by atoms with E-state index in [0.29, 0.717) is 48.5 Å². The average molecular weight is 444 g/mol. The fraction of sp³-hybridized carbons (Fsp3) is 0.455. The smallest absolute Gasteiger partial charge is 0.258 e. The van der Waals surface area contributed by atoms with Crippen LogP contribution in [-0.2, 0) is 9.53 Å². The Labute approximate surface area is 186 Å². The van der Waals surface area contributed by atoms with E-state index in [0.717, 1.165) is 18.9 Å². The molecule has 0 saturated carbocycles. The maximum absolute atomic E-state index is 12.1. The van der Waals surface area contributed by atoms with Gasteiger partial charge < -0.3 is 29.2 Å². The molecule has 1 aliphatic heterocycles. The molecule has 2 heterocycles. The van der Waals surface area contributed by atoms with Crippen molar-refractivity contribution in [1.29, 1.82) is 0 Å². The normalized spacial score (nSPS) is 13.4. The van der Waals surface area contributed by atoms with Crippen molar-refractivity contribution in [3.8, 4) is 17.4 Å². The van der Waals surface area contributed by atoms with Crippen molar-refractivity contribution in [3.63, 3.8) is 0 Å². The second kappa shape index (κ2) is 11.3. The first kappa shape index (κ1) is 23.3. The van der Waals surface area contributed by atoms with Gasteiger partial charge in [-0.3, -0.25) is 9.59 Å². The number of hydrogen-bond donors (Lipinski definition) is 1. The van der Waals surface area contributed by atoms with Gasteiger partial charge in [-0.2, -0.15) is 4.98 Å². The number of carbonyl (C=O) groups is 2. The van der Waals surface area contributed by atoms with E-state index < -0.39 is 0 Å². The number of benzene rings is 1. The standard InChI is InChI=1S/C22H28N4O6/c1-15(27)17-4-5-18(19(12-17)29-3)32-14-21(28)23-6-9-31-22-13-20(24-16(2)25-22)26-7-10-30-11-8-26/h4-5,12-13H,6-11,14H2,1-3H3,(H,23,28). The van der Waals surface area contributed by atoms with E-state index in [-0.39, 0.29) is 24.9 Å². The van der Waals surface area contributed by atoms with Crippen LogP contribution in [0.3, 0.4) is 0 Å². The highest BCUT2D eigenvalue weighted by atomic mass is 16.5. The highest BCUT2D eigenvalue weighted by Gasteiger charge is 2.15. The van der Waals surface area contributed by atoms with Gasteiger partial charge in [0.1, 0.15) is 18.2 Å². The number of methoxy groups -OCH3 is 1. The molecule has 0 radical (unpaired) electrons. The number of rotatable bonds is 10. The molecule has 1 amide bonds. The fourth-order valence-corrected chi connectivity index (χ4v) is 3.10. The molecular formula is C22H28N4O6. The molecular weight excluding hydrogens is 416 g/mol. The summed E-state index contributed by atoms with van der Waals surface area (Å²) in [5.74, 6) is 2.27. The zero-order valence-corrected chi connectivity index (χ0v) is 18.6. The number of morpholine rings is 1. The number of ketones is 1. The third-order valence-electron chi connectivity index (χ3n) is 4.74. The number of aromatic nitrogens is 2. The lowest BCUT2D eigenvalue weighted by molar-refractivity contribution is -0.123. The van der Waals surface area contributed by atoms with Crippen LogP contribution in [0.25, 0.3) is 0 Å². The lowest BCUT2D eigenvalue weighted by Gasteiger charge is -2.28. The molecule has 1 fully saturated rings. The van der Waals surface area contributed by atoms with E-state index in [1.165, 1.54) is 14.0 Å². The van der Waals surface area contributed by atoms with Gasteiger partial charge in [-0.25, -0.2) is 4.98 Å². The number of Topliss-reactive ketones (excluding diaryl/α,β-unsaturated/α-hetero) is 1. The van der Waals surface area contributed by atoms with Crippen LogP contribution in [-0.4, -0.2) is 74.8 Å². The minimum Gasteiger partial charge on any atom is -0.493 e.